The lowest BCUT2D eigenvalue weighted by Crippen LogP contribution is -2.50. The molecule has 0 aliphatic carbocycles. The highest BCUT2D eigenvalue weighted by Crippen LogP contribution is 2.18. The van der Waals surface area contributed by atoms with E-state index in [1.807, 2.05) is 36.4 Å². The molecule has 2 aromatic rings. The summed E-state index contributed by atoms with van der Waals surface area (Å²) in [6, 6.07) is 15.6. The zero-order valence-electron chi connectivity index (χ0n) is 17.3. The third kappa shape index (κ3) is 5.43. The van der Waals surface area contributed by atoms with Crippen molar-refractivity contribution >= 4 is 11.9 Å². The van der Waals surface area contributed by atoms with Crippen molar-refractivity contribution in [2.45, 2.75) is 26.1 Å². The largest absolute Gasteiger partial charge is 0.465 e. The van der Waals surface area contributed by atoms with Crippen molar-refractivity contribution in [3.63, 3.8) is 0 Å². The maximum atomic E-state index is 11.8. The van der Waals surface area contributed by atoms with Crippen molar-refractivity contribution in [2.75, 3.05) is 33.9 Å². The summed E-state index contributed by atoms with van der Waals surface area (Å²) in [5, 5.41) is 0. The van der Waals surface area contributed by atoms with Gasteiger partial charge < -0.3 is 9.47 Å². The Morgan fingerprint density at radius 2 is 1.45 bits per heavy atom. The topological polar surface area (TPSA) is 59.1 Å². The Balaban J connectivity index is 1.58. The maximum absolute atomic E-state index is 11.8. The van der Waals surface area contributed by atoms with Gasteiger partial charge in [0.2, 0.25) is 0 Å². The first-order valence-electron chi connectivity index (χ1n) is 9.81. The first kappa shape index (κ1) is 21.0. The number of nitrogens with zero attached hydrogens (tertiary/aromatic N) is 2. The Hall–Kier alpha value is -2.70. The van der Waals surface area contributed by atoms with E-state index in [4.69, 9.17) is 9.47 Å². The van der Waals surface area contributed by atoms with Gasteiger partial charge in [-0.1, -0.05) is 24.3 Å². The van der Waals surface area contributed by atoms with Gasteiger partial charge in [-0.3, -0.25) is 9.80 Å². The maximum Gasteiger partial charge on any atom is 0.337 e. The fourth-order valence-electron chi connectivity index (χ4n) is 3.77. The average molecular weight is 396 g/mol. The SMILES string of the molecule is COC(=O)c1cccc(CN2CCN(Cc3cccc(C(=O)OC)c3)C(C)C2)c1. The molecular formula is C23H28N2O4. The van der Waals surface area contributed by atoms with E-state index in [-0.39, 0.29) is 11.9 Å². The van der Waals surface area contributed by atoms with Crippen LogP contribution in [0.2, 0.25) is 0 Å². The zero-order chi connectivity index (χ0) is 20.8. The molecule has 0 aromatic heterocycles. The van der Waals surface area contributed by atoms with Crippen LogP contribution in [0.15, 0.2) is 48.5 Å². The molecular weight excluding hydrogens is 368 g/mol. The Morgan fingerprint density at radius 3 is 1.97 bits per heavy atom. The van der Waals surface area contributed by atoms with Crippen molar-refractivity contribution in [2.24, 2.45) is 0 Å². The molecule has 1 fully saturated rings. The number of benzene rings is 2. The van der Waals surface area contributed by atoms with E-state index >= 15 is 0 Å². The molecule has 154 valence electrons. The number of ether oxygens (including phenoxy) is 2. The number of hydrogen-bond donors (Lipinski definition) is 0. The molecule has 0 bridgehead atoms. The summed E-state index contributed by atoms with van der Waals surface area (Å²) in [7, 11) is 2.80. The smallest absolute Gasteiger partial charge is 0.337 e. The van der Waals surface area contributed by atoms with Gasteiger partial charge in [0, 0.05) is 38.8 Å². The Labute approximate surface area is 172 Å². The van der Waals surface area contributed by atoms with E-state index in [9.17, 15) is 9.59 Å². The van der Waals surface area contributed by atoms with Crippen LogP contribution in [0.1, 0.15) is 38.8 Å². The molecule has 0 N–H and O–H groups in total. The summed E-state index contributed by atoms with van der Waals surface area (Å²) in [6.07, 6.45) is 0. The lowest BCUT2D eigenvalue weighted by atomic mass is 10.1. The van der Waals surface area contributed by atoms with Gasteiger partial charge in [-0.05, 0) is 42.3 Å². The van der Waals surface area contributed by atoms with Crippen LogP contribution in [0.5, 0.6) is 0 Å². The Morgan fingerprint density at radius 1 is 0.897 bits per heavy atom. The number of hydrogen-bond acceptors (Lipinski definition) is 6. The first-order chi connectivity index (χ1) is 14.0. The summed E-state index contributed by atoms with van der Waals surface area (Å²) in [5.41, 5.74) is 3.39. The molecule has 1 saturated heterocycles. The van der Waals surface area contributed by atoms with Crippen LogP contribution in [-0.4, -0.2) is 61.6 Å². The summed E-state index contributed by atoms with van der Waals surface area (Å²) < 4.78 is 9.63. The normalized spacial score (nSPS) is 17.7. The quantitative estimate of drug-likeness (QED) is 0.700. The molecule has 1 unspecified atom stereocenters. The standard InChI is InChI=1S/C23H28N2O4/c1-17-14-24(15-18-6-4-8-20(12-18)22(26)28-2)10-11-25(17)16-19-7-5-9-21(13-19)23(27)29-3/h4-9,12-13,17H,10-11,14-16H2,1-3H3. The molecule has 1 atom stereocenters. The number of esters is 2. The number of carbonyl (C=O) groups excluding carboxylic acids is 2. The number of carbonyl (C=O) groups is 2. The van der Waals surface area contributed by atoms with Gasteiger partial charge in [0.1, 0.15) is 0 Å². The van der Waals surface area contributed by atoms with E-state index in [1.54, 1.807) is 12.1 Å². The van der Waals surface area contributed by atoms with E-state index in [0.29, 0.717) is 17.2 Å². The van der Waals surface area contributed by atoms with Crippen LogP contribution in [0.4, 0.5) is 0 Å². The van der Waals surface area contributed by atoms with Gasteiger partial charge in [-0.15, -0.1) is 0 Å². The molecule has 6 nitrogen and oxygen atoms in total. The zero-order valence-corrected chi connectivity index (χ0v) is 17.3. The van der Waals surface area contributed by atoms with Crippen molar-refractivity contribution < 1.29 is 19.1 Å². The van der Waals surface area contributed by atoms with Crippen LogP contribution >= 0.6 is 0 Å². The minimum Gasteiger partial charge on any atom is -0.465 e. The third-order valence-corrected chi connectivity index (χ3v) is 5.34. The summed E-state index contributed by atoms with van der Waals surface area (Å²) in [6.45, 7) is 6.67. The minimum absolute atomic E-state index is 0.306. The molecule has 1 aliphatic rings. The van der Waals surface area contributed by atoms with Crippen LogP contribution in [0.25, 0.3) is 0 Å². The summed E-state index contributed by atoms with van der Waals surface area (Å²) >= 11 is 0. The molecule has 29 heavy (non-hydrogen) atoms. The lowest BCUT2D eigenvalue weighted by molar-refractivity contribution is 0.0590. The van der Waals surface area contributed by atoms with E-state index in [0.717, 1.165) is 43.9 Å². The van der Waals surface area contributed by atoms with Gasteiger partial charge in [-0.2, -0.15) is 0 Å². The lowest BCUT2D eigenvalue weighted by Gasteiger charge is -2.40. The molecule has 0 amide bonds. The van der Waals surface area contributed by atoms with E-state index < -0.39 is 0 Å². The predicted molar refractivity (Wildman–Crippen MR) is 111 cm³/mol. The second kappa shape index (κ2) is 9.67. The molecule has 0 spiro atoms. The van der Waals surface area contributed by atoms with Crippen molar-refractivity contribution in [3.05, 3.63) is 70.8 Å². The highest BCUT2D eigenvalue weighted by Gasteiger charge is 2.24. The predicted octanol–water partition coefficient (Wildman–Crippen LogP) is 2.97. The van der Waals surface area contributed by atoms with Crippen LogP contribution in [-0.2, 0) is 22.6 Å². The molecule has 0 radical (unpaired) electrons. The number of piperazine rings is 1. The highest BCUT2D eigenvalue weighted by molar-refractivity contribution is 5.89. The van der Waals surface area contributed by atoms with Gasteiger partial charge in [0.25, 0.3) is 0 Å². The van der Waals surface area contributed by atoms with Gasteiger partial charge in [0.15, 0.2) is 0 Å². The summed E-state index contributed by atoms with van der Waals surface area (Å²) in [5.74, 6) is -0.613. The molecule has 1 heterocycles. The van der Waals surface area contributed by atoms with Crippen LogP contribution < -0.4 is 0 Å². The van der Waals surface area contributed by atoms with Gasteiger partial charge in [0.05, 0.1) is 25.3 Å². The van der Waals surface area contributed by atoms with Gasteiger partial charge >= 0.3 is 11.9 Å². The second-order valence-corrected chi connectivity index (χ2v) is 7.44. The van der Waals surface area contributed by atoms with E-state index in [2.05, 4.69) is 16.7 Å². The average Bonchev–Trinajstić information content (AvgIpc) is 2.75. The number of methoxy groups -OCH3 is 2. The molecule has 2 aromatic carbocycles. The fourth-order valence-corrected chi connectivity index (χ4v) is 3.77. The summed E-state index contributed by atoms with van der Waals surface area (Å²) in [4.78, 5) is 28.3. The molecule has 0 saturated carbocycles. The number of rotatable bonds is 6. The van der Waals surface area contributed by atoms with Crippen molar-refractivity contribution in [1.82, 2.24) is 9.80 Å². The van der Waals surface area contributed by atoms with Crippen molar-refractivity contribution in [1.29, 1.82) is 0 Å². The Kier molecular flexibility index (Phi) is 7.01. The second-order valence-electron chi connectivity index (χ2n) is 7.44. The van der Waals surface area contributed by atoms with Crippen LogP contribution in [0, 0.1) is 0 Å². The fraction of sp³-hybridized carbons (Fsp3) is 0.391. The highest BCUT2D eigenvalue weighted by atomic mass is 16.5. The minimum atomic E-state index is -0.307. The molecule has 6 heteroatoms. The Bertz CT molecular complexity index is 867. The third-order valence-electron chi connectivity index (χ3n) is 5.34. The van der Waals surface area contributed by atoms with E-state index in [1.165, 1.54) is 14.2 Å². The molecule has 1 aliphatic heterocycles. The van der Waals surface area contributed by atoms with Gasteiger partial charge in [-0.25, -0.2) is 9.59 Å². The monoisotopic (exact) mass is 396 g/mol. The van der Waals surface area contributed by atoms with Crippen molar-refractivity contribution in [3.8, 4) is 0 Å². The molecule has 3 rings (SSSR count). The first-order valence-corrected chi connectivity index (χ1v) is 9.81. The van der Waals surface area contributed by atoms with Crippen LogP contribution in [0.3, 0.4) is 0 Å².